The molecule has 4 rings (SSSR count). The number of carbonyl (C=O) groups is 2. The van der Waals surface area contributed by atoms with E-state index in [-0.39, 0.29) is 24.4 Å². The van der Waals surface area contributed by atoms with Gasteiger partial charge >= 0.3 is 0 Å². The lowest BCUT2D eigenvalue weighted by Crippen LogP contribution is -2.44. The van der Waals surface area contributed by atoms with Crippen LogP contribution < -0.4 is 16.0 Å². The number of hydrogen-bond donors (Lipinski definition) is 2. The van der Waals surface area contributed by atoms with E-state index < -0.39 is 16.9 Å². The van der Waals surface area contributed by atoms with E-state index in [9.17, 15) is 19.7 Å². The van der Waals surface area contributed by atoms with Crippen molar-refractivity contribution in [1.29, 1.82) is 0 Å². The first-order valence-electron chi connectivity index (χ1n) is 11.6. The van der Waals surface area contributed by atoms with Gasteiger partial charge in [0.15, 0.2) is 0 Å². The summed E-state index contributed by atoms with van der Waals surface area (Å²) in [6.45, 7) is 2.99. The van der Waals surface area contributed by atoms with Crippen LogP contribution in [0.4, 0.5) is 11.4 Å². The molecule has 1 unspecified atom stereocenters. The summed E-state index contributed by atoms with van der Waals surface area (Å²) in [6.07, 6.45) is -0.0512. The van der Waals surface area contributed by atoms with Gasteiger partial charge in [-0.25, -0.2) is 0 Å². The smallest absolute Gasteiger partial charge is 0.292 e. The second-order valence-corrected chi connectivity index (χ2v) is 8.90. The molecule has 0 saturated carbocycles. The minimum absolute atomic E-state index is 0.0511. The van der Waals surface area contributed by atoms with Crippen LogP contribution >= 0.6 is 0 Å². The molecule has 9 nitrogen and oxygen atoms in total. The van der Waals surface area contributed by atoms with Crippen LogP contribution in [0.15, 0.2) is 60.7 Å². The van der Waals surface area contributed by atoms with E-state index in [0.717, 1.165) is 29.4 Å². The van der Waals surface area contributed by atoms with Gasteiger partial charge in [0, 0.05) is 32.2 Å². The maximum Gasteiger partial charge on any atom is 0.292 e. The Labute approximate surface area is 203 Å². The van der Waals surface area contributed by atoms with Crippen molar-refractivity contribution in [2.24, 2.45) is 5.73 Å². The Morgan fingerprint density at radius 2 is 1.77 bits per heavy atom. The van der Waals surface area contributed by atoms with Gasteiger partial charge in [-0.05, 0) is 35.0 Å². The fourth-order valence-electron chi connectivity index (χ4n) is 4.54. The summed E-state index contributed by atoms with van der Waals surface area (Å²) in [5, 5.41) is 16.8. The van der Waals surface area contributed by atoms with E-state index in [1.165, 1.54) is 6.07 Å². The molecule has 1 aliphatic heterocycles. The number of benzene rings is 3. The van der Waals surface area contributed by atoms with Crippen LogP contribution in [0.25, 0.3) is 10.8 Å². The molecule has 1 atom stereocenters. The Bertz CT molecular complexity index is 1250. The van der Waals surface area contributed by atoms with Gasteiger partial charge in [-0.2, -0.15) is 0 Å². The number of hydrogen-bond acceptors (Lipinski definition) is 6. The van der Waals surface area contributed by atoms with Crippen molar-refractivity contribution in [2.45, 2.75) is 18.9 Å². The standard InChI is InChI=1S/C26H29N5O4/c1-29-11-13-30(14-12-29)23-10-9-20(15-24(23)31(34)35)22(17-25(27)32)28-26(33)16-19-7-4-6-18-5-2-3-8-21(18)19/h2-10,15,22H,11-14,16-17H2,1H3,(H2,27,32)(H,28,33). The third-order valence-electron chi connectivity index (χ3n) is 6.41. The molecular weight excluding hydrogens is 446 g/mol. The lowest BCUT2D eigenvalue weighted by molar-refractivity contribution is -0.384. The molecule has 0 aromatic heterocycles. The molecule has 0 spiro atoms. The van der Waals surface area contributed by atoms with Gasteiger partial charge in [-0.3, -0.25) is 19.7 Å². The number of nitro benzene ring substituents is 1. The normalized spacial score (nSPS) is 15.1. The molecule has 0 aliphatic carbocycles. The van der Waals surface area contributed by atoms with Gasteiger partial charge in [0.25, 0.3) is 5.69 Å². The van der Waals surface area contributed by atoms with Crippen LogP contribution in [0.3, 0.4) is 0 Å². The van der Waals surface area contributed by atoms with E-state index in [2.05, 4.69) is 10.2 Å². The SMILES string of the molecule is CN1CCN(c2ccc(C(CC(N)=O)NC(=O)Cc3cccc4ccccc34)cc2[N+](=O)[O-])CC1. The van der Waals surface area contributed by atoms with Crippen molar-refractivity contribution >= 4 is 34.0 Å². The van der Waals surface area contributed by atoms with Crippen molar-refractivity contribution in [1.82, 2.24) is 10.2 Å². The summed E-state index contributed by atoms with van der Waals surface area (Å²) in [6, 6.07) is 17.7. The zero-order valence-corrected chi connectivity index (χ0v) is 19.6. The predicted molar refractivity (Wildman–Crippen MR) is 135 cm³/mol. The number of carbonyl (C=O) groups excluding carboxylic acids is 2. The second-order valence-electron chi connectivity index (χ2n) is 8.90. The minimum Gasteiger partial charge on any atom is -0.370 e. The maximum absolute atomic E-state index is 13.0. The van der Waals surface area contributed by atoms with Crippen LogP contribution in [0.1, 0.15) is 23.6 Å². The van der Waals surface area contributed by atoms with Crippen molar-refractivity contribution in [2.75, 3.05) is 38.1 Å². The molecule has 3 aromatic carbocycles. The third-order valence-corrected chi connectivity index (χ3v) is 6.41. The number of rotatable bonds is 8. The molecule has 1 heterocycles. The van der Waals surface area contributed by atoms with Gasteiger partial charge in [-0.1, -0.05) is 48.5 Å². The lowest BCUT2D eigenvalue weighted by atomic mass is 9.99. The summed E-state index contributed by atoms with van der Waals surface area (Å²) in [5.41, 5.74) is 7.27. The molecule has 182 valence electrons. The van der Waals surface area contributed by atoms with E-state index in [1.807, 2.05) is 54.4 Å². The van der Waals surface area contributed by atoms with Crippen LogP contribution in [-0.4, -0.2) is 54.9 Å². The Balaban J connectivity index is 1.58. The van der Waals surface area contributed by atoms with E-state index in [4.69, 9.17) is 5.73 Å². The van der Waals surface area contributed by atoms with Gasteiger partial charge in [0.2, 0.25) is 11.8 Å². The number of nitro groups is 1. The summed E-state index contributed by atoms with van der Waals surface area (Å²) < 4.78 is 0. The highest BCUT2D eigenvalue weighted by Crippen LogP contribution is 2.33. The highest BCUT2D eigenvalue weighted by molar-refractivity contribution is 5.90. The molecule has 0 radical (unpaired) electrons. The van der Waals surface area contributed by atoms with Crippen molar-refractivity contribution in [3.63, 3.8) is 0 Å². The number of nitrogens with one attached hydrogen (secondary N) is 1. The monoisotopic (exact) mass is 475 g/mol. The topological polar surface area (TPSA) is 122 Å². The van der Waals surface area contributed by atoms with Gasteiger partial charge in [0.1, 0.15) is 5.69 Å². The number of nitrogens with two attached hydrogens (primary N) is 1. The van der Waals surface area contributed by atoms with Crippen LogP contribution in [0.5, 0.6) is 0 Å². The average Bonchev–Trinajstić information content (AvgIpc) is 2.84. The third kappa shape index (κ3) is 5.75. The van der Waals surface area contributed by atoms with E-state index in [1.54, 1.807) is 12.1 Å². The highest BCUT2D eigenvalue weighted by Gasteiger charge is 2.26. The summed E-state index contributed by atoms with van der Waals surface area (Å²) in [5.74, 6) is -0.898. The first kappa shape index (κ1) is 24.2. The van der Waals surface area contributed by atoms with Crippen LogP contribution in [-0.2, 0) is 16.0 Å². The number of amides is 2. The molecule has 35 heavy (non-hydrogen) atoms. The number of fused-ring (bicyclic) bond motifs is 1. The Hall–Kier alpha value is -3.98. The quantitative estimate of drug-likeness (QED) is 0.382. The number of nitrogens with zero attached hydrogens (tertiary/aromatic N) is 3. The number of primary amides is 1. The van der Waals surface area contributed by atoms with E-state index >= 15 is 0 Å². The molecular formula is C26H29N5O4. The predicted octanol–water partition coefficient (Wildman–Crippen LogP) is 2.78. The van der Waals surface area contributed by atoms with E-state index in [0.29, 0.717) is 24.3 Å². The molecule has 3 N–H and O–H groups in total. The Kier molecular flexibility index (Phi) is 7.26. The number of anilines is 1. The van der Waals surface area contributed by atoms with Crippen LogP contribution in [0.2, 0.25) is 0 Å². The zero-order chi connectivity index (χ0) is 24.9. The number of likely N-dealkylation sites (N-methyl/N-ethyl adjacent to an activating group) is 1. The second kappa shape index (κ2) is 10.5. The van der Waals surface area contributed by atoms with Gasteiger partial charge < -0.3 is 20.9 Å². The molecule has 0 bridgehead atoms. The highest BCUT2D eigenvalue weighted by atomic mass is 16.6. The Morgan fingerprint density at radius 1 is 1.06 bits per heavy atom. The maximum atomic E-state index is 13.0. The largest absolute Gasteiger partial charge is 0.370 e. The lowest BCUT2D eigenvalue weighted by Gasteiger charge is -2.33. The van der Waals surface area contributed by atoms with Crippen molar-refractivity contribution < 1.29 is 14.5 Å². The Morgan fingerprint density at radius 3 is 2.49 bits per heavy atom. The summed E-state index contributed by atoms with van der Waals surface area (Å²) in [7, 11) is 2.02. The zero-order valence-electron chi connectivity index (χ0n) is 19.6. The first-order valence-corrected chi connectivity index (χ1v) is 11.6. The fraction of sp³-hybridized carbons (Fsp3) is 0.308. The molecule has 9 heteroatoms. The summed E-state index contributed by atoms with van der Waals surface area (Å²) in [4.78, 5) is 40.4. The van der Waals surface area contributed by atoms with Crippen molar-refractivity contribution in [3.8, 4) is 0 Å². The number of piperazine rings is 1. The van der Waals surface area contributed by atoms with Crippen molar-refractivity contribution in [3.05, 3.63) is 81.9 Å². The molecule has 1 fully saturated rings. The molecule has 2 amide bonds. The van der Waals surface area contributed by atoms with Gasteiger partial charge in [0.05, 0.1) is 23.8 Å². The van der Waals surface area contributed by atoms with Crippen LogP contribution in [0, 0.1) is 10.1 Å². The molecule has 1 aliphatic rings. The minimum atomic E-state index is -0.768. The average molecular weight is 476 g/mol. The van der Waals surface area contributed by atoms with Gasteiger partial charge in [-0.15, -0.1) is 0 Å². The first-order chi connectivity index (χ1) is 16.8. The molecule has 3 aromatic rings. The molecule has 1 saturated heterocycles. The fourth-order valence-corrected chi connectivity index (χ4v) is 4.54. The summed E-state index contributed by atoms with van der Waals surface area (Å²) >= 11 is 0.